The smallest absolute Gasteiger partial charge is 0.329 e. The van der Waals surface area contributed by atoms with Crippen molar-refractivity contribution in [2.45, 2.75) is 0 Å². The molecule has 0 fully saturated rings. The molecule has 0 saturated heterocycles. The van der Waals surface area contributed by atoms with Gasteiger partial charge in [0, 0.05) is 4.47 Å². The molecule has 1 heterocycles. The van der Waals surface area contributed by atoms with E-state index in [0.29, 0.717) is 15.7 Å². The Balaban J connectivity index is 2.50. The van der Waals surface area contributed by atoms with Gasteiger partial charge in [0.2, 0.25) is 11.8 Å². The van der Waals surface area contributed by atoms with Crippen LogP contribution in [0.25, 0.3) is 0 Å². The van der Waals surface area contributed by atoms with E-state index in [1.165, 1.54) is 0 Å². The van der Waals surface area contributed by atoms with E-state index in [-0.39, 0.29) is 17.5 Å². The summed E-state index contributed by atoms with van der Waals surface area (Å²) in [5, 5.41) is 22.8. The number of hydrogen-bond acceptors (Lipinski definition) is 8. The molecule has 0 spiro atoms. The fourth-order valence-corrected chi connectivity index (χ4v) is 1.88. The predicted octanol–water partition coefficient (Wildman–Crippen LogP) is 2.05. The Morgan fingerprint density at radius 3 is 2.86 bits per heavy atom. The van der Waals surface area contributed by atoms with Crippen LogP contribution in [0, 0.1) is 21.4 Å². The normalized spacial score (nSPS) is 9.76. The largest absolute Gasteiger partial charge is 0.333 e. The molecule has 2 rings (SSSR count). The molecule has 0 amide bonds. The molecule has 10 heteroatoms. The van der Waals surface area contributed by atoms with E-state index in [2.05, 4.69) is 36.6 Å². The van der Waals surface area contributed by atoms with E-state index in [0.717, 1.165) is 6.20 Å². The van der Waals surface area contributed by atoms with E-state index < -0.39 is 4.92 Å². The van der Waals surface area contributed by atoms with Crippen LogP contribution in [0.2, 0.25) is 0 Å². The highest BCUT2D eigenvalue weighted by Crippen LogP contribution is 2.29. The number of nitrogens with zero attached hydrogens (tertiary/aromatic N) is 4. The second-order valence-electron chi connectivity index (χ2n) is 3.76. The number of hydrazine groups is 1. The molecule has 0 unspecified atom stereocenters. The number of aromatic nitrogens is 2. The van der Waals surface area contributed by atoms with Gasteiger partial charge in [-0.1, -0.05) is 15.9 Å². The summed E-state index contributed by atoms with van der Waals surface area (Å²) < 4.78 is 0.706. The SMILES string of the molecule is N#Cc1ccc(Br)cc1Nc1nc(NN)ncc1[N+](=O)[O-]. The zero-order valence-corrected chi connectivity index (χ0v) is 12.0. The molecule has 106 valence electrons. The number of benzene rings is 1. The van der Waals surface area contributed by atoms with Gasteiger partial charge in [-0.3, -0.25) is 15.5 Å². The molecule has 0 aliphatic carbocycles. The Bertz CT molecular complexity index is 744. The molecule has 1 aromatic carbocycles. The fourth-order valence-electron chi connectivity index (χ4n) is 1.52. The van der Waals surface area contributed by atoms with Crippen molar-refractivity contribution in [3.05, 3.63) is 44.5 Å². The number of nitrogen functional groups attached to an aromatic ring is 1. The molecular weight excluding hydrogens is 342 g/mol. The van der Waals surface area contributed by atoms with Gasteiger partial charge >= 0.3 is 5.69 Å². The third-order valence-corrected chi connectivity index (χ3v) is 2.94. The molecule has 1 aromatic heterocycles. The third kappa shape index (κ3) is 3.22. The number of nitrogens with two attached hydrogens (primary N) is 1. The summed E-state index contributed by atoms with van der Waals surface area (Å²) in [5.41, 5.74) is 2.55. The molecule has 0 aliphatic rings. The quantitative estimate of drug-likeness (QED) is 0.432. The number of anilines is 3. The van der Waals surface area contributed by atoms with Gasteiger partial charge in [-0.2, -0.15) is 10.2 Å². The highest BCUT2D eigenvalue weighted by molar-refractivity contribution is 9.10. The molecular formula is C11H8BrN7O2. The van der Waals surface area contributed by atoms with Crippen molar-refractivity contribution in [1.82, 2.24) is 9.97 Å². The minimum Gasteiger partial charge on any atom is -0.333 e. The van der Waals surface area contributed by atoms with Crippen LogP contribution >= 0.6 is 15.9 Å². The topological polar surface area (TPSA) is 143 Å². The summed E-state index contributed by atoms with van der Waals surface area (Å²) in [7, 11) is 0. The van der Waals surface area contributed by atoms with Crippen LogP contribution in [0.15, 0.2) is 28.9 Å². The first-order chi connectivity index (χ1) is 10.0. The highest BCUT2D eigenvalue weighted by Gasteiger charge is 2.18. The van der Waals surface area contributed by atoms with Gasteiger partial charge in [0.05, 0.1) is 16.2 Å². The van der Waals surface area contributed by atoms with Crippen LogP contribution < -0.4 is 16.6 Å². The molecule has 0 bridgehead atoms. The van der Waals surface area contributed by atoms with Crippen LogP contribution in [-0.4, -0.2) is 14.9 Å². The first kappa shape index (κ1) is 14.6. The molecule has 4 N–H and O–H groups in total. The van der Waals surface area contributed by atoms with E-state index in [1.54, 1.807) is 18.2 Å². The Morgan fingerprint density at radius 1 is 1.48 bits per heavy atom. The Hall–Kier alpha value is -2.77. The first-order valence-corrected chi connectivity index (χ1v) is 6.29. The van der Waals surface area contributed by atoms with Crippen molar-refractivity contribution in [3.8, 4) is 6.07 Å². The van der Waals surface area contributed by atoms with Crippen molar-refractivity contribution in [2.75, 3.05) is 10.7 Å². The molecule has 2 aromatic rings. The van der Waals surface area contributed by atoms with E-state index in [9.17, 15) is 10.1 Å². The number of halogens is 1. The monoisotopic (exact) mass is 349 g/mol. The minimum atomic E-state index is -0.632. The van der Waals surface area contributed by atoms with Crippen molar-refractivity contribution in [1.29, 1.82) is 5.26 Å². The molecule has 9 nitrogen and oxygen atoms in total. The lowest BCUT2D eigenvalue weighted by Gasteiger charge is -2.09. The third-order valence-electron chi connectivity index (χ3n) is 2.45. The Labute approximate surface area is 127 Å². The van der Waals surface area contributed by atoms with Crippen LogP contribution in [0.4, 0.5) is 23.1 Å². The second-order valence-corrected chi connectivity index (χ2v) is 4.67. The first-order valence-electron chi connectivity index (χ1n) is 5.50. The fraction of sp³-hybridized carbons (Fsp3) is 0. The van der Waals surface area contributed by atoms with Gasteiger partial charge in [0.1, 0.15) is 12.3 Å². The van der Waals surface area contributed by atoms with Crippen LogP contribution in [0.1, 0.15) is 5.56 Å². The molecule has 0 radical (unpaired) electrons. The van der Waals surface area contributed by atoms with Crippen molar-refractivity contribution in [2.24, 2.45) is 5.84 Å². The van der Waals surface area contributed by atoms with Gasteiger partial charge in [-0.15, -0.1) is 0 Å². The van der Waals surface area contributed by atoms with E-state index in [1.807, 2.05) is 6.07 Å². The number of nitro groups is 1. The number of hydrogen-bond donors (Lipinski definition) is 3. The Kier molecular flexibility index (Phi) is 4.27. The second kappa shape index (κ2) is 6.12. The van der Waals surface area contributed by atoms with Crippen LogP contribution in [0.5, 0.6) is 0 Å². The van der Waals surface area contributed by atoms with Crippen LogP contribution in [-0.2, 0) is 0 Å². The summed E-state index contributed by atoms with van der Waals surface area (Å²) in [6.07, 6.45) is 1.02. The molecule has 0 aliphatic heterocycles. The van der Waals surface area contributed by atoms with E-state index in [4.69, 9.17) is 11.1 Å². The average molecular weight is 350 g/mol. The lowest BCUT2D eigenvalue weighted by molar-refractivity contribution is -0.384. The lowest BCUT2D eigenvalue weighted by atomic mass is 10.2. The van der Waals surface area contributed by atoms with Gasteiger partial charge in [0.15, 0.2) is 0 Å². The van der Waals surface area contributed by atoms with Crippen LogP contribution in [0.3, 0.4) is 0 Å². The maximum absolute atomic E-state index is 11.0. The number of rotatable bonds is 4. The zero-order valence-electron chi connectivity index (χ0n) is 10.4. The van der Waals surface area contributed by atoms with Gasteiger partial charge in [-0.25, -0.2) is 10.8 Å². The standard InChI is InChI=1S/C11H8BrN7O2/c12-7-2-1-6(4-13)8(3-7)16-10-9(19(20)21)5-15-11(17-10)18-14/h1-3,5H,14H2,(H2,15,16,17,18). The summed E-state index contributed by atoms with van der Waals surface area (Å²) in [5.74, 6) is 5.13. The summed E-state index contributed by atoms with van der Waals surface area (Å²) >= 11 is 3.27. The average Bonchev–Trinajstić information content (AvgIpc) is 2.47. The van der Waals surface area contributed by atoms with Crippen molar-refractivity contribution >= 4 is 39.1 Å². The molecule has 0 saturated carbocycles. The summed E-state index contributed by atoms with van der Waals surface area (Å²) in [6, 6.07) is 6.85. The van der Waals surface area contributed by atoms with E-state index >= 15 is 0 Å². The molecule has 0 atom stereocenters. The summed E-state index contributed by atoms with van der Waals surface area (Å²) in [6.45, 7) is 0. The summed E-state index contributed by atoms with van der Waals surface area (Å²) in [4.78, 5) is 17.9. The predicted molar refractivity (Wildman–Crippen MR) is 78.6 cm³/mol. The van der Waals surface area contributed by atoms with Crippen molar-refractivity contribution < 1.29 is 4.92 Å². The Morgan fingerprint density at radius 2 is 2.24 bits per heavy atom. The minimum absolute atomic E-state index is 0.0107. The van der Waals surface area contributed by atoms with Gasteiger partial charge in [0.25, 0.3) is 0 Å². The highest BCUT2D eigenvalue weighted by atomic mass is 79.9. The van der Waals surface area contributed by atoms with Gasteiger partial charge < -0.3 is 5.32 Å². The number of nitrogens with one attached hydrogen (secondary N) is 2. The maximum Gasteiger partial charge on any atom is 0.329 e. The van der Waals surface area contributed by atoms with Gasteiger partial charge in [-0.05, 0) is 18.2 Å². The maximum atomic E-state index is 11.0. The lowest BCUT2D eigenvalue weighted by Crippen LogP contribution is -2.12. The number of nitriles is 1. The zero-order chi connectivity index (χ0) is 15.4. The molecule has 21 heavy (non-hydrogen) atoms. The van der Waals surface area contributed by atoms with Crippen molar-refractivity contribution in [3.63, 3.8) is 0 Å².